The Kier molecular flexibility index (Phi) is 8.51. The fourth-order valence-electron chi connectivity index (χ4n) is 4.98. The summed E-state index contributed by atoms with van der Waals surface area (Å²) in [7, 11) is 0. The van der Waals surface area contributed by atoms with Gasteiger partial charge in [-0.15, -0.1) is 0 Å². The average molecular weight is 476 g/mol. The number of ether oxygens (including phenoxy) is 1. The minimum absolute atomic E-state index is 0.0629. The molecule has 2 atom stereocenters. The quantitative estimate of drug-likeness (QED) is 0.590. The Balaban J connectivity index is 1.57. The summed E-state index contributed by atoms with van der Waals surface area (Å²) in [6, 6.07) is 13.5. The van der Waals surface area contributed by atoms with Crippen molar-refractivity contribution in [3.8, 4) is 17.2 Å². The number of anilines is 1. The van der Waals surface area contributed by atoms with E-state index in [4.69, 9.17) is 15.7 Å². The van der Waals surface area contributed by atoms with Crippen LogP contribution >= 0.6 is 0 Å². The normalized spacial score (nSPS) is 20.4. The van der Waals surface area contributed by atoms with E-state index in [1.807, 2.05) is 12.1 Å². The van der Waals surface area contributed by atoms with Crippen LogP contribution in [-0.4, -0.2) is 51.1 Å². The Labute approximate surface area is 207 Å². The van der Waals surface area contributed by atoms with Gasteiger partial charge in [0.05, 0.1) is 24.3 Å². The first-order chi connectivity index (χ1) is 17.1. The Morgan fingerprint density at radius 1 is 1.29 bits per heavy atom. The number of hydrogen-bond donors (Lipinski definition) is 2. The number of nitriles is 1. The highest BCUT2D eigenvalue weighted by molar-refractivity contribution is 5.80. The van der Waals surface area contributed by atoms with Gasteiger partial charge in [-0.3, -0.25) is 4.99 Å². The lowest BCUT2D eigenvalue weighted by Crippen LogP contribution is -2.39. The molecule has 4 rings (SSSR count). The van der Waals surface area contributed by atoms with E-state index in [2.05, 4.69) is 40.3 Å². The van der Waals surface area contributed by atoms with E-state index in [0.717, 1.165) is 74.4 Å². The van der Waals surface area contributed by atoms with Gasteiger partial charge >= 0.3 is 0 Å². The topological polar surface area (TPSA) is 86.7 Å². The summed E-state index contributed by atoms with van der Waals surface area (Å²) < 4.78 is 20.5. The van der Waals surface area contributed by atoms with Crippen LogP contribution in [0.15, 0.2) is 53.7 Å². The van der Waals surface area contributed by atoms with E-state index in [9.17, 15) is 4.39 Å². The Hall–Kier alpha value is -3.21. The SMILES string of the molecule is CC(N=C/C=C\N)C1CCN(c2ccc(CC3CNCCO3)cc2-c2ccc(C#N)c(F)c2)CC1. The number of piperidine rings is 1. The molecule has 2 aromatic rings. The zero-order chi connectivity index (χ0) is 24.6. The van der Waals surface area contributed by atoms with E-state index >= 15 is 0 Å². The average Bonchev–Trinajstić information content (AvgIpc) is 2.89. The van der Waals surface area contributed by atoms with Gasteiger partial charge in [0.2, 0.25) is 0 Å². The highest BCUT2D eigenvalue weighted by Gasteiger charge is 2.25. The number of halogens is 1. The van der Waals surface area contributed by atoms with Crippen molar-refractivity contribution in [1.82, 2.24) is 5.32 Å². The number of nitrogens with zero attached hydrogens (tertiary/aromatic N) is 3. The van der Waals surface area contributed by atoms with Crippen LogP contribution < -0.4 is 16.0 Å². The van der Waals surface area contributed by atoms with Crippen LogP contribution in [0.4, 0.5) is 10.1 Å². The summed E-state index contributed by atoms with van der Waals surface area (Å²) in [5, 5.41) is 12.5. The summed E-state index contributed by atoms with van der Waals surface area (Å²) in [4.78, 5) is 6.99. The van der Waals surface area contributed by atoms with Gasteiger partial charge in [-0.2, -0.15) is 5.26 Å². The Morgan fingerprint density at radius 3 is 2.80 bits per heavy atom. The second-order valence-electron chi connectivity index (χ2n) is 9.31. The van der Waals surface area contributed by atoms with Gasteiger partial charge in [0.1, 0.15) is 11.9 Å². The number of nitrogens with one attached hydrogen (secondary N) is 1. The highest BCUT2D eigenvalue weighted by atomic mass is 19.1. The third kappa shape index (κ3) is 6.27. The minimum Gasteiger partial charge on any atom is -0.405 e. The van der Waals surface area contributed by atoms with Crippen LogP contribution in [0.1, 0.15) is 30.9 Å². The van der Waals surface area contributed by atoms with Gasteiger partial charge in [-0.25, -0.2) is 4.39 Å². The summed E-state index contributed by atoms with van der Waals surface area (Å²) >= 11 is 0. The summed E-state index contributed by atoms with van der Waals surface area (Å²) in [6.07, 6.45) is 8.03. The third-order valence-electron chi connectivity index (χ3n) is 7.01. The lowest BCUT2D eigenvalue weighted by atomic mass is 9.89. The largest absolute Gasteiger partial charge is 0.405 e. The molecule has 0 aromatic heterocycles. The molecule has 2 unspecified atom stereocenters. The first-order valence-corrected chi connectivity index (χ1v) is 12.4. The molecule has 0 amide bonds. The van der Waals surface area contributed by atoms with Crippen LogP contribution in [0.3, 0.4) is 0 Å². The second-order valence-corrected chi connectivity index (χ2v) is 9.31. The standard InChI is InChI=1S/C28H34FN5O/c1-20(33-10-2-9-30)22-7-12-34(13-8-22)28-6-3-21(15-25-19-32-11-14-35-25)16-26(28)23-4-5-24(18-31)27(29)17-23/h2-6,9-10,16-17,20,22,25,32H,7-8,11-15,19,30H2,1H3/b9-2-,33-10?. The number of morpholine rings is 1. The van der Waals surface area contributed by atoms with Crippen LogP contribution in [-0.2, 0) is 11.2 Å². The molecule has 0 radical (unpaired) electrons. The molecule has 0 spiro atoms. The van der Waals surface area contributed by atoms with E-state index in [0.29, 0.717) is 5.92 Å². The maximum atomic E-state index is 14.6. The van der Waals surface area contributed by atoms with E-state index in [1.54, 1.807) is 18.4 Å². The monoisotopic (exact) mass is 475 g/mol. The maximum Gasteiger partial charge on any atom is 0.141 e. The van der Waals surface area contributed by atoms with Gasteiger partial charge in [0, 0.05) is 43.6 Å². The molecule has 2 aliphatic heterocycles. The summed E-state index contributed by atoms with van der Waals surface area (Å²) in [6.45, 7) is 6.42. The highest BCUT2D eigenvalue weighted by Crippen LogP contribution is 2.36. The third-order valence-corrected chi connectivity index (χ3v) is 7.01. The van der Waals surface area contributed by atoms with Crippen LogP contribution in [0.5, 0.6) is 0 Å². The molecule has 35 heavy (non-hydrogen) atoms. The lowest BCUT2D eigenvalue weighted by Gasteiger charge is -2.36. The van der Waals surface area contributed by atoms with Gasteiger partial charge in [-0.05, 0) is 79.8 Å². The van der Waals surface area contributed by atoms with Crippen molar-refractivity contribution in [2.75, 3.05) is 37.7 Å². The molecule has 6 nitrogen and oxygen atoms in total. The van der Waals surface area contributed by atoms with Gasteiger partial charge in [-0.1, -0.05) is 12.1 Å². The number of aliphatic imine (C=N–C) groups is 1. The fraction of sp³-hybridized carbons (Fsp3) is 0.429. The lowest BCUT2D eigenvalue weighted by molar-refractivity contribution is 0.0292. The van der Waals surface area contributed by atoms with E-state index in [1.165, 1.54) is 12.3 Å². The predicted molar refractivity (Wildman–Crippen MR) is 139 cm³/mol. The zero-order valence-electron chi connectivity index (χ0n) is 20.3. The Morgan fingerprint density at radius 2 is 2.11 bits per heavy atom. The molecular formula is C28H34FN5O. The van der Waals surface area contributed by atoms with Gasteiger partial charge in [0.25, 0.3) is 0 Å². The Bertz CT molecular complexity index is 1100. The first kappa shape index (κ1) is 24.9. The summed E-state index contributed by atoms with van der Waals surface area (Å²) in [5.41, 5.74) is 9.50. The minimum atomic E-state index is -0.488. The molecule has 0 saturated carbocycles. The predicted octanol–water partition coefficient (Wildman–Crippen LogP) is 4.04. The maximum absolute atomic E-state index is 14.6. The molecule has 2 aromatic carbocycles. The van der Waals surface area contributed by atoms with Crippen molar-refractivity contribution in [1.29, 1.82) is 5.26 Å². The number of benzene rings is 2. The molecule has 7 heteroatoms. The number of rotatable bonds is 7. The molecular weight excluding hydrogens is 441 g/mol. The van der Waals surface area contributed by atoms with Crippen molar-refractivity contribution < 1.29 is 9.13 Å². The fourth-order valence-corrected chi connectivity index (χ4v) is 4.98. The number of allylic oxidation sites excluding steroid dienone is 1. The number of hydrogen-bond acceptors (Lipinski definition) is 6. The molecule has 0 aliphatic carbocycles. The molecule has 2 fully saturated rings. The van der Waals surface area contributed by atoms with Crippen molar-refractivity contribution in [3.05, 3.63) is 65.6 Å². The van der Waals surface area contributed by atoms with Crippen molar-refractivity contribution >= 4 is 11.9 Å². The van der Waals surface area contributed by atoms with E-state index in [-0.39, 0.29) is 17.7 Å². The number of nitrogens with two attached hydrogens (primary N) is 1. The zero-order valence-corrected chi connectivity index (χ0v) is 20.3. The van der Waals surface area contributed by atoms with E-state index < -0.39 is 5.82 Å². The smallest absolute Gasteiger partial charge is 0.141 e. The molecule has 184 valence electrons. The summed E-state index contributed by atoms with van der Waals surface area (Å²) in [5.74, 6) is 0.0257. The second kappa shape index (κ2) is 12.0. The first-order valence-electron chi connectivity index (χ1n) is 12.4. The van der Waals surface area contributed by atoms with Crippen LogP contribution in [0, 0.1) is 23.1 Å². The molecule has 0 bridgehead atoms. The van der Waals surface area contributed by atoms with Crippen LogP contribution in [0.2, 0.25) is 0 Å². The van der Waals surface area contributed by atoms with Crippen molar-refractivity contribution in [2.45, 2.75) is 38.3 Å². The van der Waals surface area contributed by atoms with Crippen molar-refractivity contribution in [2.24, 2.45) is 16.6 Å². The van der Waals surface area contributed by atoms with Gasteiger partial charge < -0.3 is 20.7 Å². The molecule has 2 heterocycles. The van der Waals surface area contributed by atoms with Gasteiger partial charge in [0.15, 0.2) is 0 Å². The molecule has 2 aliphatic rings. The molecule has 3 N–H and O–H groups in total. The molecule has 2 saturated heterocycles. The van der Waals surface area contributed by atoms with Crippen LogP contribution in [0.25, 0.3) is 11.1 Å². The van der Waals surface area contributed by atoms with Crippen molar-refractivity contribution in [3.63, 3.8) is 0 Å².